The van der Waals surface area contributed by atoms with Gasteiger partial charge in [0.1, 0.15) is 0 Å². The van der Waals surface area contributed by atoms with Gasteiger partial charge in [0, 0.05) is 6.04 Å². The summed E-state index contributed by atoms with van der Waals surface area (Å²) in [5.41, 5.74) is 0.00712. The fraction of sp³-hybridized carbons (Fsp3) is 1.00. The van der Waals surface area contributed by atoms with E-state index in [4.69, 9.17) is 4.74 Å². The molecular formula is C15H31NO. The van der Waals surface area contributed by atoms with Gasteiger partial charge in [0.05, 0.1) is 11.7 Å². The molecular weight excluding hydrogens is 210 g/mol. The van der Waals surface area contributed by atoms with Crippen LogP contribution in [0.5, 0.6) is 0 Å². The molecule has 0 saturated heterocycles. The largest absolute Gasteiger partial charge is 0.370 e. The van der Waals surface area contributed by atoms with Crippen LogP contribution >= 0.6 is 0 Å². The van der Waals surface area contributed by atoms with Crippen molar-refractivity contribution in [3.8, 4) is 0 Å². The topological polar surface area (TPSA) is 21.3 Å². The zero-order chi connectivity index (χ0) is 13.1. The maximum atomic E-state index is 6.39. The molecule has 1 fully saturated rings. The second-order valence-corrected chi connectivity index (χ2v) is 6.41. The quantitative estimate of drug-likeness (QED) is 0.794. The van der Waals surface area contributed by atoms with Crippen molar-refractivity contribution in [2.24, 2.45) is 11.8 Å². The van der Waals surface area contributed by atoms with Gasteiger partial charge in [-0.3, -0.25) is 0 Å². The second-order valence-electron chi connectivity index (χ2n) is 6.41. The molecule has 1 aliphatic rings. The van der Waals surface area contributed by atoms with Gasteiger partial charge in [0.2, 0.25) is 0 Å². The summed E-state index contributed by atoms with van der Waals surface area (Å²) in [6, 6.07) is 0.532. The molecule has 17 heavy (non-hydrogen) atoms. The summed E-state index contributed by atoms with van der Waals surface area (Å²) in [5, 5.41) is 3.62. The summed E-state index contributed by atoms with van der Waals surface area (Å²) in [7, 11) is 0. The molecule has 2 nitrogen and oxygen atoms in total. The number of hydrogen-bond acceptors (Lipinski definition) is 2. The molecule has 4 unspecified atom stereocenters. The Morgan fingerprint density at radius 2 is 1.82 bits per heavy atom. The molecule has 1 N–H and O–H groups in total. The van der Waals surface area contributed by atoms with E-state index in [2.05, 4.69) is 46.9 Å². The molecule has 0 aromatic carbocycles. The van der Waals surface area contributed by atoms with Crippen molar-refractivity contribution in [1.82, 2.24) is 5.32 Å². The molecule has 0 aromatic heterocycles. The van der Waals surface area contributed by atoms with Gasteiger partial charge in [0.25, 0.3) is 0 Å². The van der Waals surface area contributed by atoms with Crippen LogP contribution < -0.4 is 5.32 Å². The van der Waals surface area contributed by atoms with Crippen molar-refractivity contribution >= 4 is 0 Å². The fourth-order valence-corrected chi connectivity index (χ4v) is 2.94. The van der Waals surface area contributed by atoms with Crippen LogP contribution in [0.2, 0.25) is 0 Å². The molecule has 0 aliphatic heterocycles. The molecule has 0 amide bonds. The van der Waals surface area contributed by atoms with Gasteiger partial charge in [-0.05, 0) is 51.5 Å². The molecule has 0 aromatic rings. The zero-order valence-electron chi connectivity index (χ0n) is 12.5. The van der Waals surface area contributed by atoms with Crippen molar-refractivity contribution in [3.05, 3.63) is 0 Å². The summed E-state index contributed by atoms with van der Waals surface area (Å²) in [6.45, 7) is 14.6. The second kappa shape index (κ2) is 6.19. The van der Waals surface area contributed by atoms with Crippen molar-refractivity contribution in [2.75, 3.05) is 6.54 Å². The molecule has 102 valence electrons. The highest BCUT2D eigenvalue weighted by Crippen LogP contribution is 2.34. The van der Waals surface area contributed by atoms with E-state index in [1.165, 1.54) is 12.8 Å². The average Bonchev–Trinajstić information content (AvgIpc) is 2.24. The number of hydrogen-bond donors (Lipinski definition) is 1. The lowest BCUT2D eigenvalue weighted by Crippen LogP contribution is -2.52. The molecule has 1 saturated carbocycles. The minimum absolute atomic E-state index is 0.00712. The Hall–Kier alpha value is -0.0800. The van der Waals surface area contributed by atoms with Gasteiger partial charge in [-0.25, -0.2) is 0 Å². The number of nitrogens with one attached hydrogen (secondary N) is 1. The Kier molecular flexibility index (Phi) is 5.46. The Bertz CT molecular complexity index is 227. The Morgan fingerprint density at radius 1 is 1.18 bits per heavy atom. The van der Waals surface area contributed by atoms with Crippen molar-refractivity contribution in [2.45, 2.75) is 78.6 Å². The lowest BCUT2D eigenvalue weighted by molar-refractivity contribution is -0.124. The lowest BCUT2D eigenvalue weighted by Gasteiger charge is -2.43. The van der Waals surface area contributed by atoms with E-state index >= 15 is 0 Å². The van der Waals surface area contributed by atoms with Crippen LogP contribution in [0.1, 0.15) is 60.8 Å². The average molecular weight is 241 g/mol. The molecule has 2 heteroatoms. The Balaban J connectivity index is 2.69. The lowest BCUT2D eigenvalue weighted by atomic mass is 9.77. The van der Waals surface area contributed by atoms with Crippen LogP contribution in [0, 0.1) is 11.8 Å². The predicted molar refractivity (Wildman–Crippen MR) is 74.3 cm³/mol. The van der Waals surface area contributed by atoms with Crippen molar-refractivity contribution in [3.63, 3.8) is 0 Å². The SMILES string of the molecule is CCNC1CC(C)CC(C)C1OC(C)(C)CC. The third-order valence-electron chi connectivity index (χ3n) is 4.16. The summed E-state index contributed by atoms with van der Waals surface area (Å²) in [6.07, 6.45) is 4.00. The minimum Gasteiger partial charge on any atom is -0.370 e. The molecule has 4 atom stereocenters. The highest BCUT2D eigenvalue weighted by atomic mass is 16.5. The maximum absolute atomic E-state index is 6.39. The number of rotatable bonds is 5. The van der Waals surface area contributed by atoms with E-state index in [0.717, 1.165) is 18.9 Å². The first-order valence-electron chi connectivity index (χ1n) is 7.30. The highest BCUT2D eigenvalue weighted by Gasteiger charge is 2.37. The fourth-order valence-electron chi connectivity index (χ4n) is 2.94. The van der Waals surface area contributed by atoms with Crippen LogP contribution in [0.25, 0.3) is 0 Å². The van der Waals surface area contributed by atoms with E-state index in [-0.39, 0.29) is 5.60 Å². The zero-order valence-corrected chi connectivity index (χ0v) is 12.5. The van der Waals surface area contributed by atoms with Crippen LogP contribution in [-0.2, 0) is 4.74 Å². The molecule has 0 bridgehead atoms. The van der Waals surface area contributed by atoms with E-state index in [1.807, 2.05) is 0 Å². The van der Waals surface area contributed by atoms with Gasteiger partial charge in [-0.15, -0.1) is 0 Å². The first-order valence-corrected chi connectivity index (χ1v) is 7.30. The number of ether oxygens (including phenoxy) is 1. The summed E-state index contributed by atoms with van der Waals surface area (Å²) in [5.74, 6) is 1.48. The van der Waals surface area contributed by atoms with E-state index in [1.54, 1.807) is 0 Å². The maximum Gasteiger partial charge on any atom is 0.0760 e. The van der Waals surface area contributed by atoms with Gasteiger partial charge >= 0.3 is 0 Å². The van der Waals surface area contributed by atoms with Crippen LogP contribution in [0.4, 0.5) is 0 Å². The molecule has 1 aliphatic carbocycles. The van der Waals surface area contributed by atoms with Crippen LogP contribution in [0.15, 0.2) is 0 Å². The van der Waals surface area contributed by atoms with Crippen molar-refractivity contribution < 1.29 is 4.74 Å². The number of likely N-dealkylation sites (N-methyl/N-ethyl adjacent to an activating group) is 1. The normalized spacial score (nSPS) is 34.9. The molecule has 1 rings (SSSR count). The van der Waals surface area contributed by atoms with E-state index < -0.39 is 0 Å². The summed E-state index contributed by atoms with van der Waals surface area (Å²) >= 11 is 0. The summed E-state index contributed by atoms with van der Waals surface area (Å²) < 4.78 is 6.39. The van der Waals surface area contributed by atoms with Gasteiger partial charge < -0.3 is 10.1 Å². The molecule has 0 radical (unpaired) electrons. The minimum atomic E-state index is 0.00712. The molecule has 0 heterocycles. The van der Waals surface area contributed by atoms with E-state index in [9.17, 15) is 0 Å². The Morgan fingerprint density at radius 3 is 2.35 bits per heavy atom. The first kappa shape index (κ1) is 15.0. The highest BCUT2D eigenvalue weighted by molar-refractivity contribution is 4.90. The first-order chi connectivity index (χ1) is 7.89. The van der Waals surface area contributed by atoms with Gasteiger partial charge in [0.15, 0.2) is 0 Å². The third kappa shape index (κ3) is 4.26. The third-order valence-corrected chi connectivity index (χ3v) is 4.16. The standard InChI is InChI=1S/C15H31NO/c1-7-15(5,6)17-14-12(4)9-11(3)10-13(14)16-8-2/h11-14,16H,7-10H2,1-6H3. The van der Waals surface area contributed by atoms with Crippen LogP contribution in [0.3, 0.4) is 0 Å². The monoisotopic (exact) mass is 241 g/mol. The van der Waals surface area contributed by atoms with Gasteiger partial charge in [-0.2, -0.15) is 0 Å². The molecule has 0 spiro atoms. The van der Waals surface area contributed by atoms with E-state index in [0.29, 0.717) is 18.1 Å². The van der Waals surface area contributed by atoms with Crippen molar-refractivity contribution in [1.29, 1.82) is 0 Å². The predicted octanol–water partition coefficient (Wildman–Crippen LogP) is 3.60. The van der Waals surface area contributed by atoms with Gasteiger partial charge in [-0.1, -0.05) is 27.7 Å². The van der Waals surface area contributed by atoms with Crippen LogP contribution in [-0.4, -0.2) is 24.3 Å². The summed E-state index contributed by atoms with van der Waals surface area (Å²) in [4.78, 5) is 0. The smallest absolute Gasteiger partial charge is 0.0760 e. The Labute approximate surface area is 108 Å².